The number of anilines is 3. The van der Waals surface area contributed by atoms with Crippen LogP contribution in [-0.4, -0.2) is 98.2 Å². The largest absolute Gasteiger partial charge is 0.384 e. The molecule has 302 valence electrons. The van der Waals surface area contributed by atoms with E-state index in [1.807, 2.05) is 32.1 Å². The Hall–Kier alpha value is -4.77. The molecular formula is C38H47Cl3N8O7. The zero-order chi connectivity index (χ0) is 41.2. The van der Waals surface area contributed by atoms with Crippen LogP contribution in [-0.2, 0) is 11.3 Å². The van der Waals surface area contributed by atoms with Crippen molar-refractivity contribution in [1.82, 2.24) is 9.80 Å². The average molecular weight is 834 g/mol. The summed E-state index contributed by atoms with van der Waals surface area (Å²) in [5.41, 5.74) is 3.56. The van der Waals surface area contributed by atoms with Crippen LogP contribution >= 0.6 is 34.8 Å². The highest BCUT2D eigenvalue weighted by Gasteiger charge is 2.23. The lowest BCUT2D eigenvalue weighted by molar-refractivity contribution is -0.385. The van der Waals surface area contributed by atoms with Gasteiger partial charge >= 0.3 is 0 Å². The van der Waals surface area contributed by atoms with Gasteiger partial charge in [-0.3, -0.25) is 35.2 Å². The number of nitrogens with zero attached hydrogens (tertiary/aromatic N) is 6. The second-order valence-electron chi connectivity index (χ2n) is 13.1. The number of ether oxygens (including phenoxy) is 1. The normalized spacial score (nSPS) is 13.5. The highest BCUT2D eigenvalue weighted by molar-refractivity contribution is 6.34. The van der Waals surface area contributed by atoms with Gasteiger partial charge in [0, 0.05) is 89.3 Å². The lowest BCUT2D eigenvalue weighted by atomic mass is 10.2. The van der Waals surface area contributed by atoms with Crippen LogP contribution in [0.5, 0.6) is 0 Å². The lowest BCUT2D eigenvalue weighted by Crippen LogP contribution is -2.26. The van der Waals surface area contributed by atoms with Crippen LogP contribution in [0.4, 0.5) is 34.1 Å². The third-order valence-electron chi connectivity index (χ3n) is 8.49. The fourth-order valence-electron chi connectivity index (χ4n) is 5.54. The molecule has 1 unspecified atom stereocenters. The van der Waals surface area contributed by atoms with E-state index in [0.717, 1.165) is 62.6 Å². The van der Waals surface area contributed by atoms with E-state index in [1.54, 1.807) is 25.3 Å². The number of nitro groups is 3. The van der Waals surface area contributed by atoms with Crippen LogP contribution in [0.2, 0.25) is 15.1 Å². The number of hydrogen-bond donors (Lipinski definition) is 2. The standard InChI is InChI=1S/C17H18ClN3O2.C11H16ClN3O2.C10H13ClN2O3/c18-16-10-15(21(22)23)6-7-17(16)19-14-8-9-20(12-14)11-13-4-2-1-3-5-13;1-14(2)7-3-6-13-11-5-4-9(15(16)17)8-10(11)12;1-12(5-6-16-2)10-4-3-8(13(14)15)7-9(10)11/h1-7,10,14,19H,8-9,11-12H2;4-5,8,13H,3,6-7H2,1-2H3;3-4,7H,5-6H2,1-2H3. The summed E-state index contributed by atoms with van der Waals surface area (Å²) in [7, 11) is 7.50. The molecule has 56 heavy (non-hydrogen) atoms. The van der Waals surface area contributed by atoms with Gasteiger partial charge in [0.15, 0.2) is 0 Å². The van der Waals surface area contributed by atoms with Crippen molar-refractivity contribution < 1.29 is 19.5 Å². The molecule has 1 saturated heterocycles. The van der Waals surface area contributed by atoms with Gasteiger partial charge < -0.3 is 25.2 Å². The van der Waals surface area contributed by atoms with Gasteiger partial charge in [0.1, 0.15) is 0 Å². The molecule has 4 aromatic carbocycles. The van der Waals surface area contributed by atoms with E-state index in [9.17, 15) is 30.3 Å². The molecule has 1 aliphatic rings. The van der Waals surface area contributed by atoms with Gasteiger partial charge in [-0.1, -0.05) is 65.1 Å². The Labute approximate surface area is 341 Å². The molecule has 1 fully saturated rings. The zero-order valence-corrected chi connectivity index (χ0v) is 34.0. The van der Waals surface area contributed by atoms with Crippen LogP contribution in [0.15, 0.2) is 84.9 Å². The molecule has 18 heteroatoms. The van der Waals surface area contributed by atoms with E-state index in [1.165, 1.54) is 42.0 Å². The highest BCUT2D eigenvalue weighted by atomic mass is 35.5. The van der Waals surface area contributed by atoms with Gasteiger partial charge in [0.2, 0.25) is 0 Å². The van der Waals surface area contributed by atoms with Gasteiger partial charge in [0.05, 0.1) is 53.5 Å². The number of nitrogens with one attached hydrogen (secondary N) is 2. The molecule has 2 N–H and O–H groups in total. The lowest BCUT2D eigenvalue weighted by Gasteiger charge is -2.19. The Morgan fingerprint density at radius 2 is 1.32 bits per heavy atom. The van der Waals surface area contributed by atoms with Crippen LogP contribution < -0.4 is 15.5 Å². The minimum Gasteiger partial charge on any atom is -0.384 e. The first-order valence-corrected chi connectivity index (χ1v) is 18.7. The number of non-ortho nitro benzene ring substituents is 3. The maximum absolute atomic E-state index is 10.7. The van der Waals surface area contributed by atoms with Crippen molar-refractivity contribution in [3.63, 3.8) is 0 Å². The summed E-state index contributed by atoms with van der Waals surface area (Å²) < 4.78 is 4.94. The molecule has 0 saturated carbocycles. The quantitative estimate of drug-likeness (QED) is 0.0625. The van der Waals surface area contributed by atoms with E-state index in [4.69, 9.17) is 39.5 Å². The van der Waals surface area contributed by atoms with E-state index in [-0.39, 0.29) is 17.1 Å². The number of likely N-dealkylation sites (tertiary alicyclic amines) is 1. The first-order valence-electron chi connectivity index (χ1n) is 17.6. The summed E-state index contributed by atoms with van der Waals surface area (Å²) in [4.78, 5) is 36.8. The maximum Gasteiger partial charge on any atom is 0.271 e. The number of rotatable bonds is 16. The molecule has 4 aromatic rings. The highest BCUT2D eigenvalue weighted by Crippen LogP contribution is 2.30. The smallest absolute Gasteiger partial charge is 0.271 e. The molecule has 1 atom stereocenters. The zero-order valence-electron chi connectivity index (χ0n) is 31.7. The Balaban J connectivity index is 0.000000231. The topological polar surface area (TPSA) is 172 Å². The second kappa shape index (κ2) is 23.3. The molecule has 0 aliphatic carbocycles. The Morgan fingerprint density at radius 3 is 1.84 bits per heavy atom. The summed E-state index contributed by atoms with van der Waals surface area (Å²) in [6, 6.07) is 24.1. The van der Waals surface area contributed by atoms with Crippen LogP contribution in [0.25, 0.3) is 0 Å². The van der Waals surface area contributed by atoms with Crippen molar-refractivity contribution in [1.29, 1.82) is 0 Å². The second-order valence-corrected chi connectivity index (χ2v) is 14.3. The number of benzene rings is 4. The van der Waals surface area contributed by atoms with Gasteiger partial charge in [0.25, 0.3) is 17.1 Å². The molecule has 1 aliphatic heterocycles. The minimum absolute atomic E-state index is 0.00566. The van der Waals surface area contributed by atoms with Crippen molar-refractivity contribution >= 4 is 68.9 Å². The van der Waals surface area contributed by atoms with E-state index >= 15 is 0 Å². The number of likely N-dealkylation sites (N-methyl/N-ethyl adjacent to an activating group) is 1. The van der Waals surface area contributed by atoms with Crippen LogP contribution in [0.1, 0.15) is 18.4 Å². The summed E-state index contributed by atoms with van der Waals surface area (Å²) in [5.74, 6) is 0. The van der Waals surface area contributed by atoms with Gasteiger partial charge in [-0.05, 0) is 57.2 Å². The van der Waals surface area contributed by atoms with Gasteiger partial charge in [-0.15, -0.1) is 0 Å². The summed E-state index contributed by atoms with van der Waals surface area (Å²) in [5, 5.41) is 39.5. The van der Waals surface area contributed by atoms with Crippen molar-refractivity contribution in [2.75, 3.05) is 83.1 Å². The SMILES string of the molecule is CN(C)CCCNc1ccc([N+](=O)[O-])cc1Cl.COCCN(C)c1ccc([N+](=O)[O-])cc1Cl.O=[N+]([O-])c1ccc(NC2CCN(Cc3ccccc3)C2)c(Cl)c1. The molecule has 0 spiro atoms. The fourth-order valence-corrected chi connectivity index (χ4v) is 6.33. The molecule has 5 rings (SSSR count). The Morgan fingerprint density at radius 1 is 0.768 bits per heavy atom. The predicted molar refractivity (Wildman–Crippen MR) is 225 cm³/mol. The number of nitro benzene ring substituents is 3. The molecule has 1 heterocycles. The van der Waals surface area contributed by atoms with Crippen LogP contribution in [0, 0.1) is 30.3 Å². The fraction of sp³-hybridized carbons (Fsp3) is 0.368. The molecule has 0 bridgehead atoms. The van der Waals surface area contributed by atoms with Crippen molar-refractivity contribution in [3.05, 3.63) is 136 Å². The molecule has 15 nitrogen and oxygen atoms in total. The van der Waals surface area contributed by atoms with Crippen LogP contribution in [0.3, 0.4) is 0 Å². The predicted octanol–water partition coefficient (Wildman–Crippen LogP) is 8.88. The molecule has 0 aromatic heterocycles. The molecular weight excluding hydrogens is 787 g/mol. The maximum atomic E-state index is 10.7. The van der Waals surface area contributed by atoms with E-state index in [0.29, 0.717) is 34.3 Å². The van der Waals surface area contributed by atoms with E-state index < -0.39 is 14.8 Å². The third-order valence-corrected chi connectivity index (χ3v) is 9.42. The summed E-state index contributed by atoms with van der Waals surface area (Å²) >= 11 is 18.0. The molecule has 0 amide bonds. The van der Waals surface area contributed by atoms with Crippen molar-refractivity contribution in [2.24, 2.45) is 0 Å². The number of halogens is 3. The number of methoxy groups -OCH3 is 1. The monoisotopic (exact) mass is 832 g/mol. The van der Waals surface area contributed by atoms with Crippen molar-refractivity contribution in [3.8, 4) is 0 Å². The average Bonchev–Trinajstić information content (AvgIpc) is 3.60. The van der Waals surface area contributed by atoms with Crippen molar-refractivity contribution in [2.45, 2.75) is 25.4 Å². The minimum atomic E-state index is -0.467. The summed E-state index contributed by atoms with van der Waals surface area (Å²) in [6.07, 6.45) is 2.01. The number of hydrogen-bond acceptors (Lipinski definition) is 12. The van der Waals surface area contributed by atoms with Gasteiger partial charge in [-0.25, -0.2) is 0 Å². The Bertz CT molecular complexity index is 1890. The van der Waals surface area contributed by atoms with Gasteiger partial charge in [-0.2, -0.15) is 0 Å². The summed E-state index contributed by atoms with van der Waals surface area (Å²) in [6.45, 7) is 5.91. The first kappa shape index (κ1) is 45.6. The third kappa shape index (κ3) is 15.4. The Kier molecular flexibility index (Phi) is 19.0. The first-order chi connectivity index (χ1) is 26.7. The van der Waals surface area contributed by atoms with E-state index in [2.05, 4.69) is 44.7 Å². The molecule has 0 radical (unpaired) electrons.